The predicted octanol–water partition coefficient (Wildman–Crippen LogP) is 3.45. The Morgan fingerprint density at radius 2 is 1.96 bits per heavy atom. The van der Waals surface area contributed by atoms with Crippen molar-refractivity contribution in [2.45, 2.75) is 45.3 Å². The molecule has 0 amide bonds. The number of hydrogen-bond donors (Lipinski definition) is 0. The summed E-state index contributed by atoms with van der Waals surface area (Å²) >= 11 is 1.95. The second kappa shape index (κ2) is 7.81. The van der Waals surface area contributed by atoms with Crippen LogP contribution in [0, 0.1) is 5.92 Å². The van der Waals surface area contributed by atoms with Crippen molar-refractivity contribution in [3.63, 3.8) is 0 Å². The SMILES string of the molecule is c1cn(CC2CCCN(Cc3cc(CN4CCCC4)cs3)C2)cn1. The Balaban J connectivity index is 1.29. The lowest BCUT2D eigenvalue weighted by Crippen LogP contribution is -2.36. The molecule has 0 N–H and O–H groups in total. The maximum absolute atomic E-state index is 4.17. The highest BCUT2D eigenvalue weighted by Crippen LogP contribution is 2.24. The number of nitrogens with zero attached hydrogens (tertiary/aromatic N) is 4. The first-order valence-electron chi connectivity index (χ1n) is 9.32. The third-order valence-corrected chi connectivity index (χ3v) is 6.29. The highest BCUT2D eigenvalue weighted by molar-refractivity contribution is 7.10. The normalized spacial score (nSPS) is 23.1. The van der Waals surface area contributed by atoms with Gasteiger partial charge in [-0.3, -0.25) is 9.80 Å². The maximum Gasteiger partial charge on any atom is 0.0946 e. The Bertz CT molecular complexity index is 615. The Labute approximate surface area is 149 Å². The van der Waals surface area contributed by atoms with E-state index in [1.807, 2.05) is 23.9 Å². The molecule has 2 aromatic rings. The number of hydrogen-bond acceptors (Lipinski definition) is 4. The average Bonchev–Trinajstić information content (AvgIpc) is 3.32. The van der Waals surface area contributed by atoms with E-state index >= 15 is 0 Å². The number of aromatic nitrogens is 2. The lowest BCUT2D eigenvalue weighted by atomic mass is 9.98. The molecule has 1 atom stereocenters. The smallest absolute Gasteiger partial charge is 0.0946 e. The summed E-state index contributed by atoms with van der Waals surface area (Å²) < 4.78 is 2.23. The zero-order valence-corrected chi connectivity index (χ0v) is 15.3. The molecule has 2 fully saturated rings. The minimum atomic E-state index is 0.761. The first kappa shape index (κ1) is 16.3. The van der Waals surface area contributed by atoms with Crippen LogP contribution in [0.4, 0.5) is 0 Å². The molecule has 2 aromatic heterocycles. The van der Waals surface area contributed by atoms with Crippen LogP contribution < -0.4 is 0 Å². The Morgan fingerprint density at radius 1 is 1.08 bits per heavy atom. The van der Waals surface area contributed by atoms with E-state index in [4.69, 9.17) is 0 Å². The van der Waals surface area contributed by atoms with E-state index < -0.39 is 0 Å². The first-order valence-corrected chi connectivity index (χ1v) is 10.2. The molecule has 24 heavy (non-hydrogen) atoms. The van der Waals surface area contributed by atoms with Crippen LogP contribution in [0.2, 0.25) is 0 Å². The predicted molar refractivity (Wildman–Crippen MR) is 99.1 cm³/mol. The van der Waals surface area contributed by atoms with Gasteiger partial charge < -0.3 is 4.57 Å². The molecule has 2 aliphatic rings. The van der Waals surface area contributed by atoms with Crippen LogP contribution in [0.5, 0.6) is 0 Å². The first-order chi connectivity index (χ1) is 11.8. The second-order valence-corrected chi connectivity index (χ2v) is 8.40. The van der Waals surface area contributed by atoms with Crippen LogP contribution in [-0.4, -0.2) is 45.5 Å². The van der Waals surface area contributed by atoms with E-state index in [-0.39, 0.29) is 0 Å². The fraction of sp³-hybridized carbons (Fsp3) is 0.632. The third kappa shape index (κ3) is 4.26. The van der Waals surface area contributed by atoms with Gasteiger partial charge in [0.05, 0.1) is 6.33 Å². The zero-order valence-electron chi connectivity index (χ0n) is 14.4. The fourth-order valence-corrected chi connectivity index (χ4v) is 5.07. The van der Waals surface area contributed by atoms with E-state index in [1.54, 1.807) is 0 Å². The molecule has 1 unspecified atom stereocenters. The molecule has 4 heterocycles. The fourth-order valence-electron chi connectivity index (χ4n) is 4.15. The molecular formula is C19H28N4S. The number of thiophene rings is 1. The average molecular weight is 345 g/mol. The van der Waals surface area contributed by atoms with Crippen molar-refractivity contribution in [1.29, 1.82) is 0 Å². The Hall–Kier alpha value is -1.17. The highest BCUT2D eigenvalue weighted by atomic mass is 32.1. The number of piperidine rings is 1. The van der Waals surface area contributed by atoms with Gasteiger partial charge >= 0.3 is 0 Å². The highest BCUT2D eigenvalue weighted by Gasteiger charge is 2.21. The van der Waals surface area contributed by atoms with E-state index in [2.05, 4.69) is 37.0 Å². The van der Waals surface area contributed by atoms with Gasteiger partial charge in [0, 0.05) is 43.4 Å². The molecular weight excluding hydrogens is 316 g/mol. The molecule has 0 saturated carbocycles. The topological polar surface area (TPSA) is 24.3 Å². The molecule has 0 radical (unpaired) electrons. The molecule has 5 heteroatoms. The van der Waals surface area contributed by atoms with E-state index in [1.165, 1.54) is 62.3 Å². The van der Waals surface area contributed by atoms with Crippen LogP contribution in [0.15, 0.2) is 30.2 Å². The van der Waals surface area contributed by atoms with Crippen LogP contribution in [-0.2, 0) is 19.6 Å². The Morgan fingerprint density at radius 3 is 2.79 bits per heavy atom. The van der Waals surface area contributed by atoms with Gasteiger partial charge in [-0.05, 0) is 68.2 Å². The summed E-state index contributed by atoms with van der Waals surface area (Å²) in [7, 11) is 0. The molecule has 0 aliphatic carbocycles. The van der Waals surface area contributed by atoms with Crippen molar-refractivity contribution in [3.05, 3.63) is 40.6 Å². The van der Waals surface area contributed by atoms with Gasteiger partial charge in [-0.2, -0.15) is 0 Å². The van der Waals surface area contributed by atoms with E-state index in [9.17, 15) is 0 Å². The number of likely N-dealkylation sites (tertiary alicyclic amines) is 2. The lowest BCUT2D eigenvalue weighted by molar-refractivity contribution is 0.157. The van der Waals surface area contributed by atoms with E-state index in [0.717, 1.165) is 25.6 Å². The van der Waals surface area contributed by atoms with Gasteiger partial charge in [-0.15, -0.1) is 11.3 Å². The number of imidazole rings is 1. The van der Waals surface area contributed by atoms with Crippen molar-refractivity contribution < 1.29 is 0 Å². The summed E-state index contributed by atoms with van der Waals surface area (Å²) in [5, 5.41) is 2.38. The van der Waals surface area contributed by atoms with Crippen molar-refractivity contribution in [3.8, 4) is 0 Å². The van der Waals surface area contributed by atoms with Crippen molar-refractivity contribution in [2.24, 2.45) is 5.92 Å². The molecule has 0 bridgehead atoms. The third-order valence-electron chi connectivity index (χ3n) is 5.32. The monoisotopic (exact) mass is 344 g/mol. The summed E-state index contributed by atoms with van der Waals surface area (Å²) in [6, 6.07) is 2.45. The summed E-state index contributed by atoms with van der Waals surface area (Å²) in [4.78, 5) is 10.9. The minimum Gasteiger partial charge on any atom is -0.337 e. The summed E-state index contributed by atoms with van der Waals surface area (Å²) in [5.41, 5.74) is 1.52. The van der Waals surface area contributed by atoms with Gasteiger partial charge in [0.25, 0.3) is 0 Å². The minimum absolute atomic E-state index is 0.761. The molecule has 4 nitrogen and oxygen atoms in total. The van der Waals surface area contributed by atoms with Crippen molar-refractivity contribution in [1.82, 2.24) is 19.4 Å². The largest absolute Gasteiger partial charge is 0.337 e. The van der Waals surface area contributed by atoms with Gasteiger partial charge in [0.15, 0.2) is 0 Å². The lowest BCUT2D eigenvalue weighted by Gasteiger charge is -2.32. The summed E-state index contributed by atoms with van der Waals surface area (Å²) in [6.07, 6.45) is 11.3. The number of rotatable bonds is 6. The second-order valence-electron chi connectivity index (χ2n) is 7.41. The zero-order chi connectivity index (χ0) is 16.2. The standard InChI is InChI=1S/C19H28N4S/c1-2-7-21(6-1)13-18-10-19(24-15-18)14-22-8-3-4-17(11-22)12-23-9-5-20-16-23/h5,9-10,15-17H,1-4,6-8,11-14H2. The van der Waals surface area contributed by atoms with Crippen LogP contribution >= 0.6 is 11.3 Å². The summed E-state index contributed by atoms with van der Waals surface area (Å²) in [5.74, 6) is 0.761. The van der Waals surface area contributed by atoms with Gasteiger partial charge in [0.1, 0.15) is 0 Å². The van der Waals surface area contributed by atoms with Crippen LogP contribution in [0.3, 0.4) is 0 Å². The van der Waals surface area contributed by atoms with Gasteiger partial charge in [0.2, 0.25) is 0 Å². The molecule has 2 saturated heterocycles. The van der Waals surface area contributed by atoms with E-state index in [0.29, 0.717) is 0 Å². The van der Waals surface area contributed by atoms with Gasteiger partial charge in [-0.1, -0.05) is 0 Å². The Kier molecular flexibility index (Phi) is 5.30. The van der Waals surface area contributed by atoms with Crippen LogP contribution in [0.1, 0.15) is 36.1 Å². The van der Waals surface area contributed by atoms with Crippen molar-refractivity contribution in [2.75, 3.05) is 26.2 Å². The van der Waals surface area contributed by atoms with Gasteiger partial charge in [-0.25, -0.2) is 4.98 Å². The molecule has 130 valence electrons. The molecule has 0 aromatic carbocycles. The quantitative estimate of drug-likeness (QED) is 0.802. The summed E-state index contributed by atoms with van der Waals surface area (Å²) in [6.45, 7) is 8.43. The molecule has 2 aliphatic heterocycles. The van der Waals surface area contributed by atoms with Crippen LogP contribution in [0.25, 0.3) is 0 Å². The maximum atomic E-state index is 4.17. The van der Waals surface area contributed by atoms with Crippen molar-refractivity contribution >= 4 is 11.3 Å². The molecule has 4 rings (SSSR count). The molecule has 0 spiro atoms.